The zero-order valence-electron chi connectivity index (χ0n) is 10.7. The number of anilines is 1. The maximum absolute atomic E-state index is 5.76. The van der Waals surface area contributed by atoms with Gasteiger partial charge in [-0.1, -0.05) is 18.1 Å². The third-order valence-corrected chi connectivity index (χ3v) is 2.84. The van der Waals surface area contributed by atoms with Crippen LogP contribution in [0.4, 0.5) is 5.88 Å². The van der Waals surface area contributed by atoms with Crippen molar-refractivity contribution < 1.29 is 14.0 Å². The highest BCUT2D eigenvalue weighted by atomic mass is 16.5. The topological polar surface area (TPSA) is 70.5 Å². The monoisotopic (exact) mass is 248 g/mol. The van der Waals surface area contributed by atoms with Gasteiger partial charge in [0, 0.05) is 5.56 Å². The predicted octanol–water partition coefficient (Wildman–Crippen LogP) is 2.50. The van der Waals surface area contributed by atoms with Gasteiger partial charge in [-0.2, -0.15) is 0 Å². The van der Waals surface area contributed by atoms with E-state index in [1.807, 2.05) is 25.1 Å². The Morgan fingerprint density at radius 1 is 1.22 bits per heavy atom. The molecule has 96 valence electrons. The van der Waals surface area contributed by atoms with E-state index in [-0.39, 0.29) is 0 Å². The zero-order chi connectivity index (χ0) is 13.1. The highest BCUT2D eigenvalue weighted by Gasteiger charge is 2.21. The molecule has 0 radical (unpaired) electrons. The second-order valence-corrected chi connectivity index (χ2v) is 3.77. The van der Waals surface area contributed by atoms with Gasteiger partial charge in [0.15, 0.2) is 0 Å². The van der Waals surface area contributed by atoms with E-state index in [1.165, 1.54) is 0 Å². The van der Waals surface area contributed by atoms with E-state index in [1.54, 1.807) is 14.2 Å². The van der Waals surface area contributed by atoms with Gasteiger partial charge in [-0.25, -0.2) is 0 Å². The van der Waals surface area contributed by atoms with E-state index in [9.17, 15) is 0 Å². The third-order valence-electron chi connectivity index (χ3n) is 2.84. The molecule has 5 heteroatoms. The van der Waals surface area contributed by atoms with Gasteiger partial charge in [0.25, 0.3) is 0 Å². The van der Waals surface area contributed by atoms with E-state index in [4.69, 9.17) is 19.7 Å². The van der Waals surface area contributed by atoms with Crippen molar-refractivity contribution in [2.45, 2.75) is 13.3 Å². The highest BCUT2D eigenvalue weighted by Crippen LogP contribution is 2.40. The van der Waals surface area contributed by atoms with Gasteiger partial charge < -0.3 is 19.7 Å². The molecule has 2 rings (SSSR count). The number of methoxy groups -OCH3 is 2. The van der Waals surface area contributed by atoms with Crippen molar-refractivity contribution in [3.63, 3.8) is 0 Å². The van der Waals surface area contributed by atoms with Crippen LogP contribution in [-0.2, 0) is 6.42 Å². The fourth-order valence-electron chi connectivity index (χ4n) is 1.94. The van der Waals surface area contributed by atoms with E-state index in [2.05, 4.69) is 5.16 Å². The molecule has 2 N–H and O–H groups in total. The molecule has 1 heterocycles. The minimum atomic E-state index is 0.334. The summed E-state index contributed by atoms with van der Waals surface area (Å²) in [5, 5.41) is 4.01. The standard InChI is InChI=1S/C13H16N2O3/c1-4-8-12(15-18-13(8)14)11-9(16-2)6-5-7-10(11)17-3/h5-7H,4,14H2,1-3H3. The second-order valence-electron chi connectivity index (χ2n) is 3.77. The number of aromatic nitrogens is 1. The van der Waals surface area contributed by atoms with Crippen LogP contribution in [0, 0.1) is 0 Å². The Morgan fingerprint density at radius 2 is 1.83 bits per heavy atom. The lowest BCUT2D eigenvalue weighted by molar-refractivity contribution is 0.395. The van der Waals surface area contributed by atoms with Crippen molar-refractivity contribution in [2.24, 2.45) is 0 Å². The zero-order valence-corrected chi connectivity index (χ0v) is 10.7. The normalized spacial score (nSPS) is 10.4. The minimum Gasteiger partial charge on any atom is -0.496 e. The van der Waals surface area contributed by atoms with Gasteiger partial charge in [-0.05, 0) is 18.6 Å². The fraction of sp³-hybridized carbons (Fsp3) is 0.308. The van der Waals surface area contributed by atoms with Crippen molar-refractivity contribution in [1.82, 2.24) is 5.16 Å². The first-order valence-corrected chi connectivity index (χ1v) is 5.68. The molecule has 1 aromatic heterocycles. The maximum Gasteiger partial charge on any atom is 0.225 e. The number of nitrogens with zero attached hydrogens (tertiary/aromatic N) is 1. The lowest BCUT2D eigenvalue weighted by atomic mass is 10.0. The summed E-state index contributed by atoms with van der Waals surface area (Å²) in [5.74, 6) is 1.69. The molecule has 0 aliphatic heterocycles. The van der Waals surface area contributed by atoms with Gasteiger partial charge in [0.2, 0.25) is 5.88 Å². The number of hydrogen-bond acceptors (Lipinski definition) is 5. The molecule has 0 amide bonds. The van der Waals surface area contributed by atoms with Gasteiger partial charge >= 0.3 is 0 Å². The van der Waals surface area contributed by atoms with Crippen molar-refractivity contribution >= 4 is 5.88 Å². The smallest absolute Gasteiger partial charge is 0.225 e. The van der Waals surface area contributed by atoms with Crippen LogP contribution in [0.2, 0.25) is 0 Å². The van der Waals surface area contributed by atoms with Crippen LogP contribution >= 0.6 is 0 Å². The van der Waals surface area contributed by atoms with Gasteiger partial charge in [0.05, 0.1) is 19.8 Å². The van der Waals surface area contributed by atoms with Gasteiger partial charge in [-0.3, -0.25) is 0 Å². The molecule has 0 atom stereocenters. The van der Waals surface area contributed by atoms with Gasteiger partial charge in [0.1, 0.15) is 17.2 Å². The molecule has 0 aliphatic carbocycles. The molecule has 0 saturated carbocycles. The summed E-state index contributed by atoms with van der Waals surface area (Å²) >= 11 is 0. The first kappa shape index (κ1) is 12.3. The minimum absolute atomic E-state index is 0.334. The van der Waals surface area contributed by atoms with E-state index in [0.717, 1.165) is 17.5 Å². The third kappa shape index (κ3) is 1.88. The van der Waals surface area contributed by atoms with Crippen LogP contribution in [0.3, 0.4) is 0 Å². The van der Waals surface area contributed by atoms with Crippen molar-refractivity contribution in [2.75, 3.05) is 20.0 Å². The Balaban J connectivity index is 2.68. The maximum atomic E-state index is 5.76. The molecule has 0 bridgehead atoms. The Hall–Kier alpha value is -2.17. The predicted molar refractivity (Wildman–Crippen MR) is 68.8 cm³/mol. The fourth-order valence-corrected chi connectivity index (χ4v) is 1.94. The Kier molecular flexibility index (Phi) is 3.41. The molecule has 0 saturated heterocycles. The van der Waals surface area contributed by atoms with Crippen molar-refractivity contribution in [1.29, 1.82) is 0 Å². The molecular weight excluding hydrogens is 232 g/mol. The molecule has 2 aromatic rings. The van der Waals surface area contributed by atoms with Crippen LogP contribution in [-0.4, -0.2) is 19.4 Å². The van der Waals surface area contributed by atoms with Crippen LogP contribution in [0.25, 0.3) is 11.3 Å². The Morgan fingerprint density at radius 3 is 2.33 bits per heavy atom. The van der Waals surface area contributed by atoms with Crippen molar-refractivity contribution in [3.8, 4) is 22.8 Å². The SMILES string of the molecule is CCc1c(-c2c(OC)cccc2OC)noc1N. The molecule has 0 unspecified atom stereocenters. The number of nitrogens with two attached hydrogens (primary N) is 1. The molecule has 1 aromatic carbocycles. The molecule has 5 nitrogen and oxygen atoms in total. The average Bonchev–Trinajstić information content (AvgIpc) is 2.78. The second kappa shape index (κ2) is 5.00. The number of hydrogen-bond donors (Lipinski definition) is 1. The summed E-state index contributed by atoms with van der Waals surface area (Å²) in [7, 11) is 3.21. The van der Waals surface area contributed by atoms with Crippen LogP contribution in [0.1, 0.15) is 12.5 Å². The first-order chi connectivity index (χ1) is 8.72. The van der Waals surface area contributed by atoms with E-state index < -0.39 is 0 Å². The largest absolute Gasteiger partial charge is 0.496 e. The van der Waals surface area contributed by atoms with E-state index >= 15 is 0 Å². The molecule has 18 heavy (non-hydrogen) atoms. The van der Waals surface area contributed by atoms with Crippen LogP contribution in [0.5, 0.6) is 11.5 Å². The number of rotatable bonds is 4. The first-order valence-electron chi connectivity index (χ1n) is 5.68. The molecular formula is C13H16N2O3. The Bertz CT molecular complexity index is 527. The Labute approximate surface area is 105 Å². The lowest BCUT2D eigenvalue weighted by Gasteiger charge is -2.11. The summed E-state index contributed by atoms with van der Waals surface area (Å²) in [6, 6.07) is 5.56. The van der Waals surface area contributed by atoms with Gasteiger partial charge in [-0.15, -0.1) is 0 Å². The lowest BCUT2D eigenvalue weighted by Crippen LogP contribution is -1.96. The summed E-state index contributed by atoms with van der Waals surface area (Å²) in [5.41, 5.74) is 8.05. The summed E-state index contributed by atoms with van der Waals surface area (Å²) in [4.78, 5) is 0. The molecule has 0 fully saturated rings. The quantitative estimate of drug-likeness (QED) is 0.900. The van der Waals surface area contributed by atoms with Crippen LogP contribution in [0.15, 0.2) is 22.7 Å². The number of ether oxygens (including phenoxy) is 2. The summed E-state index contributed by atoms with van der Waals surface area (Å²) in [6.45, 7) is 1.99. The molecule has 0 spiro atoms. The number of nitrogen functional groups attached to an aromatic ring is 1. The average molecular weight is 248 g/mol. The number of benzene rings is 1. The van der Waals surface area contributed by atoms with E-state index in [0.29, 0.717) is 23.1 Å². The van der Waals surface area contributed by atoms with Crippen LogP contribution < -0.4 is 15.2 Å². The van der Waals surface area contributed by atoms with Crippen molar-refractivity contribution in [3.05, 3.63) is 23.8 Å². The molecule has 0 aliphatic rings. The summed E-state index contributed by atoms with van der Waals surface area (Å²) < 4.78 is 15.8. The summed E-state index contributed by atoms with van der Waals surface area (Å²) in [6.07, 6.45) is 0.728. The highest BCUT2D eigenvalue weighted by molar-refractivity contribution is 5.78.